The lowest BCUT2D eigenvalue weighted by Crippen LogP contribution is -2.40. The Morgan fingerprint density at radius 2 is 1.95 bits per heavy atom. The highest BCUT2D eigenvalue weighted by Crippen LogP contribution is 2.37. The summed E-state index contributed by atoms with van der Waals surface area (Å²) in [5, 5.41) is 11.5. The number of furan rings is 1. The first kappa shape index (κ1) is 27.6. The van der Waals surface area contributed by atoms with Crippen molar-refractivity contribution in [3.05, 3.63) is 107 Å². The standard InChI is InChI=1S/C29H25N3O8S/c1-5-39-28(34)25-16(2)30-29-31(26(25)20-12-10-17(37-3)14-23(20)38-4)27(33)24(41-29)15-18-11-13-22(40-18)19-8-6-7-9-21(19)32(35)36/h6-15,26H,5H2,1-4H3/b24-15-/t26-/m0/s1. The average molecular weight is 576 g/mol. The SMILES string of the molecule is CCOC(=O)C1=C(C)N=c2s/c(=C\c3ccc(-c4ccccc4[N+](=O)[O-])o3)c(=O)n2[C@H]1c1ccc(OC)cc1OC. The predicted molar refractivity (Wildman–Crippen MR) is 151 cm³/mol. The molecule has 0 saturated heterocycles. The van der Waals surface area contributed by atoms with Gasteiger partial charge in [0, 0.05) is 23.8 Å². The average Bonchev–Trinajstić information content (AvgIpc) is 3.56. The first-order valence-electron chi connectivity index (χ1n) is 12.5. The van der Waals surface area contributed by atoms with Crippen LogP contribution < -0.4 is 24.4 Å². The molecule has 1 atom stereocenters. The number of nitrogens with zero attached hydrogens (tertiary/aromatic N) is 3. The molecule has 3 heterocycles. The second-order valence-corrected chi connectivity index (χ2v) is 9.90. The van der Waals surface area contributed by atoms with Crippen LogP contribution in [0, 0.1) is 10.1 Å². The van der Waals surface area contributed by atoms with Crippen molar-refractivity contribution < 1.29 is 28.3 Å². The smallest absolute Gasteiger partial charge is 0.338 e. The van der Waals surface area contributed by atoms with Crippen LogP contribution in [0.25, 0.3) is 17.4 Å². The lowest BCUT2D eigenvalue weighted by molar-refractivity contribution is -0.384. The zero-order chi connectivity index (χ0) is 29.3. The van der Waals surface area contributed by atoms with E-state index in [1.165, 1.54) is 24.9 Å². The fraction of sp³-hybridized carbons (Fsp3) is 0.207. The van der Waals surface area contributed by atoms with Crippen LogP contribution in [0.15, 0.2) is 80.1 Å². The molecule has 0 aliphatic carbocycles. The van der Waals surface area contributed by atoms with Gasteiger partial charge in [-0.2, -0.15) is 0 Å². The molecule has 0 saturated carbocycles. The van der Waals surface area contributed by atoms with Gasteiger partial charge in [-0.25, -0.2) is 9.79 Å². The van der Waals surface area contributed by atoms with Crippen molar-refractivity contribution in [2.75, 3.05) is 20.8 Å². The van der Waals surface area contributed by atoms with E-state index in [9.17, 15) is 19.7 Å². The van der Waals surface area contributed by atoms with Crippen molar-refractivity contribution >= 4 is 29.1 Å². The van der Waals surface area contributed by atoms with Gasteiger partial charge in [-0.05, 0) is 44.2 Å². The lowest BCUT2D eigenvalue weighted by Gasteiger charge is -2.26. The molecule has 0 radical (unpaired) electrons. The molecule has 0 unspecified atom stereocenters. The number of hydrogen-bond donors (Lipinski definition) is 0. The molecule has 12 heteroatoms. The van der Waals surface area contributed by atoms with Crippen molar-refractivity contribution in [3.63, 3.8) is 0 Å². The fourth-order valence-electron chi connectivity index (χ4n) is 4.68. The van der Waals surface area contributed by atoms with E-state index in [1.54, 1.807) is 68.5 Å². The second-order valence-electron chi connectivity index (χ2n) is 8.89. The monoisotopic (exact) mass is 575 g/mol. The zero-order valence-corrected chi connectivity index (χ0v) is 23.4. The maximum atomic E-state index is 13.9. The number of esters is 1. The maximum Gasteiger partial charge on any atom is 0.338 e. The van der Waals surface area contributed by atoms with Gasteiger partial charge in [0.2, 0.25) is 0 Å². The van der Waals surface area contributed by atoms with Crippen LogP contribution in [0.5, 0.6) is 11.5 Å². The Bertz CT molecular complexity index is 1880. The first-order valence-corrected chi connectivity index (χ1v) is 13.3. The van der Waals surface area contributed by atoms with Gasteiger partial charge < -0.3 is 18.6 Å². The molecule has 0 N–H and O–H groups in total. The molecular formula is C29H25N3O8S. The molecule has 210 valence electrons. The Hall–Kier alpha value is -4.97. The van der Waals surface area contributed by atoms with Crippen LogP contribution in [-0.4, -0.2) is 36.3 Å². The molecular weight excluding hydrogens is 550 g/mol. The summed E-state index contributed by atoms with van der Waals surface area (Å²) in [6.07, 6.45) is 1.55. The van der Waals surface area contributed by atoms with Crippen LogP contribution in [0.3, 0.4) is 0 Å². The molecule has 0 spiro atoms. The number of nitro benzene ring substituents is 1. The summed E-state index contributed by atoms with van der Waals surface area (Å²) < 4.78 is 23.9. The first-order chi connectivity index (χ1) is 19.8. The molecule has 11 nitrogen and oxygen atoms in total. The number of fused-ring (bicyclic) bond motifs is 1. The van der Waals surface area contributed by atoms with Crippen LogP contribution in [0.1, 0.15) is 31.2 Å². The minimum atomic E-state index is -0.882. The Labute approximate surface area is 237 Å². The van der Waals surface area contributed by atoms with Crippen molar-refractivity contribution in [2.24, 2.45) is 4.99 Å². The van der Waals surface area contributed by atoms with E-state index in [2.05, 4.69) is 4.99 Å². The minimum absolute atomic E-state index is 0.0943. The van der Waals surface area contributed by atoms with E-state index in [4.69, 9.17) is 18.6 Å². The van der Waals surface area contributed by atoms with Gasteiger partial charge in [-0.1, -0.05) is 23.5 Å². The van der Waals surface area contributed by atoms with E-state index in [0.29, 0.717) is 43.4 Å². The van der Waals surface area contributed by atoms with Crippen molar-refractivity contribution in [1.29, 1.82) is 0 Å². The largest absolute Gasteiger partial charge is 0.497 e. The number of rotatable bonds is 8. The van der Waals surface area contributed by atoms with Crippen LogP contribution >= 0.6 is 11.3 Å². The Morgan fingerprint density at radius 1 is 1.17 bits per heavy atom. The van der Waals surface area contributed by atoms with Crippen molar-refractivity contribution in [3.8, 4) is 22.8 Å². The highest BCUT2D eigenvalue weighted by atomic mass is 32.1. The molecule has 41 heavy (non-hydrogen) atoms. The summed E-state index contributed by atoms with van der Waals surface area (Å²) in [5.74, 6) is 0.983. The van der Waals surface area contributed by atoms with Gasteiger partial charge in [-0.15, -0.1) is 0 Å². The van der Waals surface area contributed by atoms with E-state index < -0.39 is 22.5 Å². The van der Waals surface area contributed by atoms with Gasteiger partial charge in [0.25, 0.3) is 11.2 Å². The van der Waals surface area contributed by atoms with Gasteiger partial charge >= 0.3 is 5.97 Å². The van der Waals surface area contributed by atoms with Gasteiger partial charge in [-0.3, -0.25) is 19.5 Å². The summed E-state index contributed by atoms with van der Waals surface area (Å²) in [7, 11) is 3.02. The van der Waals surface area contributed by atoms with Crippen molar-refractivity contribution in [2.45, 2.75) is 19.9 Å². The van der Waals surface area contributed by atoms with Gasteiger partial charge in [0.05, 0.1) is 47.1 Å². The third-order valence-electron chi connectivity index (χ3n) is 6.52. The quantitative estimate of drug-likeness (QED) is 0.175. The third-order valence-corrected chi connectivity index (χ3v) is 7.50. The molecule has 1 aliphatic heterocycles. The van der Waals surface area contributed by atoms with Crippen LogP contribution in [0.4, 0.5) is 5.69 Å². The Balaban J connectivity index is 1.67. The van der Waals surface area contributed by atoms with Crippen LogP contribution in [-0.2, 0) is 9.53 Å². The lowest BCUT2D eigenvalue weighted by atomic mass is 9.95. The number of ether oxygens (including phenoxy) is 3. The molecule has 1 aliphatic rings. The number of nitro groups is 1. The van der Waals surface area contributed by atoms with Crippen LogP contribution in [0.2, 0.25) is 0 Å². The fourth-order valence-corrected chi connectivity index (χ4v) is 5.70. The zero-order valence-electron chi connectivity index (χ0n) is 22.6. The minimum Gasteiger partial charge on any atom is -0.497 e. The number of allylic oxidation sites excluding steroid dienone is 1. The maximum absolute atomic E-state index is 13.9. The topological polar surface area (TPSA) is 135 Å². The molecule has 0 fully saturated rings. The molecule has 2 aromatic carbocycles. The summed E-state index contributed by atoms with van der Waals surface area (Å²) in [4.78, 5) is 43.0. The Kier molecular flexibility index (Phi) is 7.58. The highest BCUT2D eigenvalue weighted by Gasteiger charge is 2.35. The van der Waals surface area contributed by atoms with Gasteiger partial charge in [0.1, 0.15) is 29.1 Å². The highest BCUT2D eigenvalue weighted by molar-refractivity contribution is 7.07. The summed E-state index contributed by atoms with van der Waals surface area (Å²) in [6, 6.07) is 13.7. The predicted octanol–water partition coefficient (Wildman–Crippen LogP) is 3.98. The summed E-state index contributed by atoms with van der Waals surface area (Å²) in [5.41, 5.74) is 0.995. The number of hydrogen-bond acceptors (Lipinski definition) is 10. The number of carbonyl (C=O) groups excluding carboxylic acids is 1. The molecule has 4 aromatic rings. The normalized spacial score (nSPS) is 14.8. The third kappa shape index (κ3) is 5.05. The van der Waals surface area contributed by atoms with E-state index in [-0.39, 0.29) is 23.6 Å². The van der Waals surface area contributed by atoms with E-state index in [1.807, 2.05) is 0 Å². The van der Waals surface area contributed by atoms with E-state index in [0.717, 1.165) is 11.3 Å². The van der Waals surface area contributed by atoms with Gasteiger partial charge in [0.15, 0.2) is 4.80 Å². The van der Waals surface area contributed by atoms with Crippen molar-refractivity contribution in [1.82, 2.24) is 4.57 Å². The number of para-hydroxylation sites is 1. The molecule has 0 bridgehead atoms. The number of thiazole rings is 1. The molecule has 5 rings (SSSR count). The molecule has 0 amide bonds. The summed E-state index contributed by atoms with van der Waals surface area (Å²) >= 11 is 1.13. The Morgan fingerprint density at radius 3 is 2.66 bits per heavy atom. The summed E-state index contributed by atoms with van der Waals surface area (Å²) in [6.45, 7) is 3.54. The second kappa shape index (κ2) is 11.3. The number of aromatic nitrogens is 1. The van der Waals surface area contributed by atoms with E-state index >= 15 is 0 Å². The molecule has 2 aromatic heterocycles. The number of methoxy groups -OCH3 is 2. The number of benzene rings is 2. The number of carbonyl (C=O) groups is 1.